The van der Waals surface area contributed by atoms with Gasteiger partial charge in [-0.25, -0.2) is 4.39 Å². The van der Waals surface area contributed by atoms with Crippen molar-refractivity contribution in [3.8, 4) is 0 Å². The lowest BCUT2D eigenvalue weighted by molar-refractivity contribution is 0.511. The molecule has 0 aliphatic rings. The third-order valence-corrected chi connectivity index (χ3v) is 4.54. The van der Waals surface area contributed by atoms with E-state index in [1.807, 2.05) is 24.3 Å². The van der Waals surface area contributed by atoms with Crippen molar-refractivity contribution in [2.75, 3.05) is 6.54 Å². The van der Waals surface area contributed by atoms with E-state index in [-0.39, 0.29) is 11.9 Å². The van der Waals surface area contributed by atoms with Gasteiger partial charge >= 0.3 is 0 Å². The average molecular weight is 415 g/mol. The molecule has 0 heterocycles. The van der Waals surface area contributed by atoms with Crippen LogP contribution in [0, 0.1) is 5.82 Å². The summed E-state index contributed by atoms with van der Waals surface area (Å²) >= 11 is 7.07. The normalized spacial score (nSPS) is 12.4. The summed E-state index contributed by atoms with van der Waals surface area (Å²) in [6, 6.07) is 13.2. The summed E-state index contributed by atoms with van der Waals surface area (Å²) in [5, 5.41) is 3.51. The van der Waals surface area contributed by atoms with E-state index in [0.717, 1.165) is 33.0 Å². The van der Waals surface area contributed by atoms with Gasteiger partial charge in [0, 0.05) is 15.0 Å². The first-order valence-corrected chi connectivity index (χ1v) is 8.62. The molecule has 1 unspecified atom stereocenters. The van der Waals surface area contributed by atoms with Crippen molar-refractivity contribution < 1.29 is 4.39 Å². The van der Waals surface area contributed by atoms with Gasteiger partial charge in [0.25, 0.3) is 0 Å². The quantitative estimate of drug-likeness (QED) is 0.645. The fourth-order valence-electron chi connectivity index (χ4n) is 2.28. The maximum absolute atomic E-state index is 13.9. The van der Waals surface area contributed by atoms with Crippen LogP contribution in [0.1, 0.15) is 30.5 Å². The van der Waals surface area contributed by atoms with E-state index in [1.165, 1.54) is 6.07 Å². The molecule has 2 rings (SSSR count). The molecule has 1 atom stereocenters. The lowest BCUT2D eigenvalue weighted by Gasteiger charge is -2.21. The second-order valence-corrected chi connectivity index (χ2v) is 6.74. The first kappa shape index (κ1) is 16.7. The van der Waals surface area contributed by atoms with Gasteiger partial charge in [-0.15, -0.1) is 0 Å². The Labute approximate surface area is 142 Å². The zero-order valence-electron chi connectivity index (χ0n) is 11.9. The van der Waals surface area contributed by atoms with Crippen molar-refractivity contribution in [3.63, 3.8) is 0 Å². The van der Waals surface area contributed by atoms with Crippen LogP contribution in [0.15, 0.2) is 51.4 Å². The highest BCUT2D eigenvalue weighted by molar-refractivity contribution is 9.11. The molecule has 0 saturated carbocycles. The molecule has 0 saturated heterocycles. The van der Waals surface area contributed by atoms with Gasteiger partial charge in [0.1, 0.15) is 5.82 Å². The molecule has 0 aliphatic carbocycles. The fourth-order valence-corrected chi connectivity index (χ4v) is 3.60. The topological polar surface area (TPSA) is 12.0 Å². The lowest BCUT2D eigenvalue weighted by atomic mass is 9.98. The summed E-state index contributed by atoms with van der Waals surface area (Å²) in [6.45, 7) is 3.03. The number of halogens is 3. The molecule has 4 heteroatoms. The van der Waals surface area contributed by atoms with Crippen LogP contribution >= 0.6 is 31.9 Å². The van der Waals surface area contributed by atoms with Gasteiger partial charge in [-0.2, -0.15) is 0 Å². The van der Waals surface area contributed by atoms with Gasteiger partial charge in [0.2, 0.25) is 0 Å². The third kappa shape index (κ3) is 4.63. The molecule has 2 aromatic rings. The van der Waals surface area contributed by atoms with E-state index in [4.69, 9.17) is 0 Å². The Hall–Kier alpha value is -0.710. The lowest BCUT2D eigenvalue weighted by Crippen LogP contribution is -2.24. The highest BCUT2D eigenvalue weighted by atomic mass is 79.9. The first-order valence-electron chi connectivity index (χ1n) is 7.03. The SMILES string of the molecule is CCCNC(Cc1ccccc1F)c1ccc(Br)cc1Br. The van der Waals surface area contributed by atoms with Crippen LogP contribution in [-0.4, -0.2) is 6.54 Å². The molecule has 2 aromatic carbocycles. The van der Waals surface area contributed by atoms with Gasteiger partial charge in [-0.05, 0) is 48.7 Å². The minimum absolute atomic E-state index is 0.0873. The average Bonchev–Trinajstić information content (AvgIpc) is 2.46. The molecule has 0 aromatic heterocycles. The van der Waals surface area contributed by atoms with Crippen LogP contribution in [0.4, 0.5) is 4.39 Å². The molecule has 1 nitrogen and oxygen atoms in total. The van der Waals surface area contributed by atoms with Crippen molar-refractivity contribution in [1.29, 1.82) is 0 Å². The molecule has 0 amide bonds. The molecule has 1 N–H and O–H groups in total. The molecule has 0 aliphatic heterocycles. The Morgan fingerprint density at radius 2 is 1.90 bits per heavy atom. The Morgan fingerprint density at radius 1 is 1.14 bits per heavy atom. The zero-order valence-corrected chi connectivity index (χ0v) is 15.0. The summed E-state index contributed by atoms with van der Waals surface area (Å²) in [7, 11) is 0. The van der Waals surface area contributed by atoms with E-state index in [1.54, 1.807) is 6.07 Å². The van der Waals surface area contributed by atoms with Gasteiger partial charge in [-0.1, -0.05) is 63.0 Å². The van der Waals surface area contributed by atoms with E-state index < -0.39 is 0 Å². The van der Waals surface area contributed by atoms with Gasteiger partial charge in [0.05, 0.1) is 0 Å². The van der Waals surface area contributed by atoms with Crippen LogP contribution in [-0.2, 0) is 6.42 Å². The molecule has 0 fully saturated rings. The smallest absolute Gasteiger partial charge is 0.126 e. The predicted molar refractivity (Wildman–Crippen MR) is 93.0 cm³/mol. The maximum Gasteiger partial charge on any atom is 0.126 e. The number of hydrogen-bond acceptors (Lipinski definition) is 1. The molecule has 0 spiro atoms. The van der Waals surface area contributed by atoms with Gasteiger partial charge in [-0.3, -0.25) is 0 Å². The zero-order chi connectivity index (χ0) is 15.2. The Kier molecular flexibility index (Phi) is 6.40. The summed E-state index contributed by atoms with van der Waals surface area (Å²) in [5.74, 6) is -0.144. The van der Waals surface area contributed by atoms with Crippen molar-refractivity contribution >= 4 is 31.9 Å². The van der Waals surface area contributed by atoms with E-state index in [0.29, 0.717) is 6.42 Å². The van der Waals surface area contributed by atoms with Crippen LogP contribution < -0.4 is 5.32 Å². The predicted octanol–water partition coefficient (Wildman–Crippen LogP) is 5.63. The summed E-state index contributed by atoms with van der Waals surface area (Å²) in [5.41, 5.74) is 1.89. The number of rotatable bonds is 6. The minimum atomic E-state index is -0.144. The van der Waals surface area contributed by atoms with Crippen LogP contribution in [0.2, 0.25) is 0 Å². The minimum Gasteiger partial charge on any atom is -0.310 e. The monoisotopic (exact) mass is 413 g/mol. The largest absolute Gasteiger partial charge is 0.310 e. The number of benzene rings is 2. The molecular formula is C17H18Br2FN. The molecular weight excluding hydrogens is 397 g/mol. The number of nitrogens with one attached hydrogen (secondary N) is 1. The van der Waals surface area contributed by atoms with Gasteiger partial charge in [0.15, 0.2) is 0 Å². The molecule has 0 bridgehead atoms. The van der Waals surface area contributed by atoms with Crippen LogP contribution in [0.25, 0.3) is 0 Å². The maximum atomic E-state index is 13.9. The third-order valence-electron chi connectivity index (χ3n) is 3.36. The van der Waals surface area contributed by atoms with E-state index >= 15 is 0 Å². The van der Waals surface area contributed by atoms with Crippen molar-refractivity contribution in [3.05, 3.63) is 68.4 Å². The second-order valence-electron chi connectivity index (χ2n) is 4.97. The van der Waals surface area contributed by atoms with Crippen molar-refractivity contribution in [2.45, 2.75) is 25.8 Å². The Bertz CT molecular complexity index is 601. The summed E-state index contributed by atoms with van der Waals surface area (Å²) in [6.07, 6.45) is 1.68. The number of hydrogen-bond donors (Lipinski definition) is 1. The molecule has 21 heavy (non-hydrogen) atoms. The second kappa shape index (κ2) is 8.06. The highest BCUT2D eigenvalue weighted by Gasteiger charge is 2.16. The standard InChI is InChI=1S/C17H18Br2FN/c1-2-9-21-17(10-12-5-3-4-6-16(12)20)14-8-7-13(18)11-15(14)19/h3-8,11,17,21H,2,9-10H2,1H3. The fraction of sp³-hybridized carbons (Fsp3) is 0.294. The Balaban J connectivity index is 2.27. The van der Waals surface area contributed by atoms with Crippen LogP contribution in [0.3, 0.4) is 0 Å². The summed E-state index contributed by atoms with van der Waals surface area (Å²) in [4.78, 5) is 0. The van der Waals surface area contributed by atoms with E-state index in [2.05, 4.69) is 50.2 Å². The molecule has 112 valence electrons. The van der Waals surface area contributed by atoms with Gasteiger partial charge < -0.3 is 5.32 Å². The molecule has 0 radical (unpaired) electrons. The first-order chi connectivity index (χ1) is 10.1. The highest BCUT2D eigenvalue weighted by Crippen LogP contribution is 2.29. The Morgan fingerprint density at radius 3 is 2.57 bits per heavy atom. The van der Waals surface area contributed by atoms with Crippen molar-refractivity contribution in [1.82, 2.24) is 5.32 Å². The van der Waals surface area contributed by atoms with Crippen molar-refractivity contribution in [2.24, 2.45) is 0 Å². The van der Waals surface area contributed by atoms with Crippen LogP contribution in [0.5, 0.6) is 0 Å². The van der Waals surface area contributed by atoms with E-state index in [9.17, 15) is 4.39 Å². The summed E-state index contributed by atoms with van der Waals surface area (Å²) < 4.78 is 16.0.